The lowest BCUT2D eigenvalue weighted by atomic mass is 10.1. The maximum absolute atomic E-state index is 5.13. The van der Waals surface area contributed by atoms with E-state index in [9.17, 15) is 0 Å². The summed E-state index contributed by atoms with van der Waals surface area (Å²) in [5.41, 5.74) is 2.13. The SMILES string of the molecule is CN=C(NCc1ccc(-n2cncn2)cc1)NC1CCc2nc(COC)nn2C1.I. The van der Waals surface area contributed by atoms with Crippen LogP contribution in [0, 0.1) is 0 Å². The number of aromatic nitrogens is 6. The molecule has 2 aromatic heterocycles. The van der Waals surface area contributed by atoms with Crippen LogP contribution in [0.3, 0.4) is 0 Å². The summed E-state index contributed by atoms with van der Waals surface area (Å²) in [6, 6.07) is 8.42. The van der Waals surface area contributed by atoms with Crippen LogP contribution in [-0.4, -0.2) is 55.7 Å². The van der Waals surface area contributed by atoms with Crippen LogP contribution >= 0.6 is 24.0 Å². The maximum Gasteiger partial charge on any atom is 0.191 e. The molecule has 0 fully saturated rings. The number of aryl methyl sites for hydroxylation is 1. The van der Waals surface area contributed by atoms with Gasteiger partial charge in [0, 0.05) is 33.2 Å². The normalized spacial score (nSPS) is 15.9. The highest BCUT2D eigenvalue weighted by atomic mass is 127. The van der Waals surface area contributed by atoms with Crippen molar-refractivity contribution in [3.8, 4) is 5.69 Å². The zero-order chi connectivity index (χ0) is 20.1. The first-order chi connectivity index (χ1) is 14.2. The number of methoxy groups -OCH3 is 1. The Morgan fingerprint density at radius 2 is 2.13 bits per heavy atom. The van der Waals surface area contributed by atoms with Gasteiger partial charge < -0.3 is 15.4 Å². The number of hydrogen-bond acceptors (Lipinski definition) is 6. The van der Waals surface area contributed by atoms with Gasteiger partial charge in [0.2, 0.25) is 0 Å². The van der Waals surface area contributed by atoms with E-state index in [2.05, 4.69) is 47.9 Å². The molecule has 3 aromatic rings. The number of nitrogens with zero attached hydrogens (tertiary/aromatic N) is 7. The van der Waals surface area contributed by atoms with Crippen molar-refractivity contribution in [1.29, 1.82) is 0 Å². The summed E-state index contributed by atoms with van der Waals surface area (Å²) in [4.78, 5) is 12.8. The summed E-state index contributed by atoms with van der Waals surface area (Å²) in [5, 5.41) is 15.5. The second kappa shape index (κ2) is 10.5. The fourth-order valence-corrected chi connectivity index (χ4v) is 3.35. The molecule has 160 valence electrons. The first kappa shape index (κ1) is 22.2. The monoisotopic (exact) mass is 523 g/mol. The van der Waals surface area contributed by atoms with Gasteiger partial charge in [0.15, 0.2) is 11.8 Å². The van der Waals surface area contributed by atoms with Crippen molar-refractivity contribution < 1.29 is 4.74 Å². The van der Waals surface area contributed by atoms with Crippen molar-refractivity contribution in [2.75, 3.05) is 14.2 Å². The lowest BCUT2D eigenvalue weighted by Gasteiger charge is -2.25. The van der Waals surface area contributed by atoms with E-state index in [1.165, 1.54) is 6.33 Å². The molecule has 1 aromatic carbocycles. The summed E-state index contributed by atoms with van der Waals surface area (Å²) >= 11 is 0. The number of hydrogen-bond donors (Lipinski definition) is 2. The van der Waals surface area contributed by atoms with Crippen molar-refractivity contribution in [2.24, 2.45) is 4.99 Å². The summed E-state index contributed by atoms with van der Waals surface area (Å²) in [6.07, 6.45) is 5.08. The number of fused-ring (bicyclic) bond motifs is 1. The summed E-state index contributed by atoms with van der Waals surface area (Å²) in [5.74, 6) is 2.53. The first-order valence-electron chi connectivity index (χ1n) is 9.58. The van der Waals surface area contributed by atoms with Gasteiger partial charge in [-0.3, -0.25) is 4.99 Å². The molecule has 1 aliphatic heterocycles. The molecule has 30 heavy (non-hydrogen) atoms. The van der Waals surface area contributed by atoms with Crippen LogP contribution in [0.2, 0.25) is 0 Å². The third-order valence-corrected chi connectivity index (χ3v) is 4.82. The second-order valence-corrected chi connectivity index (χ2v) is 6.87. The molecule has 1 aliphatic rings. The zero-order valence-corrected chi connectivity index (χ0v) is 19.4. The van der Waals surface area contributed by atoms with Crippen molar-refractivity contribution in [2.45, 2.75) is 38.6 Å². The number of nitrogens with one attached hydrogen (secondary N) is 2. The summed E-state index contributed by atoms with van der Waals surface area (Å²) in [7, 11) is 3.44. The minimum atomic E-state index is 0. The minimum Gasteiger partial charge on any atom is -0.377 e. The van der Waals surface area contributed by atoms with Crippen LogP contribution in [0.4, 0.5) is 0 Å². The van der Waals surface area contributed by atoms with Gasteiger partial charge >= 0.3 is 0 Å². The van der Waals surface area contributed by atoms with E-state index in [-0.39, 0.29) is 30.0 Å². The Kier molecular flexibility index (Phi) is 7.74. The highest BCUT2D eigenvalue weighted by Gasteiger charge is 2.22. The van der Waals surface area contributed by atoms with Crippen molar-refractivity contribution in [3.05, 3.63) is 54.1 Å². The Balaban J connectivity index is 0.00000256. The molecule has 0 spiro atoms. The molecule has 11 heteroatoms. The third kappa shape index (κ3) is 5.33. The average Bonchev–Trinajstić information content (AvgIpc) is 3.41. The maximum atomic E-state index is 5.13. The Morgan fingerprint density at radius 1 is 1.30 bits per heavy atom. The van der Waals surface area contributed by atoms with Gasteiger partial charge in [-0.25, -0.2) is 19.3 Å². The molecule has 0 amide bonds. The molecular formula is C19H26IN9O. The highest BCUT2D eigenvalue weighted by Crippen LogP contribution is 2.13. The molecule has 0 radical (unpaired) electrons. The predicted molar refractivity (Wildman–Crippen MR) is 123 cm³/mol. The quantitative estimate of drug-likeness (QED) is 0.285. The number of benzene rings is 1. The fourth-order valence-electron chi connectivity index (χ4n) is 3.35. The number of ether oxygens (including phenoxy) is 1. The molecule has 1 unspecified atom stereocenters. The molecule has 3 heterocycles. The van der Waals surface area contributed by atoms with Crippen LogP contribution in [0.15, 0.2) is 41.9 Å². The van der Waals surface area contributed by atoms with E-state index in [0.29, 0.717) is 13.2 Å². The van der Waals surface area contributed by atoms with E-state index >= 15 is 0 Å². The lowest BCUT2D eigenvalue weighted by molar-refractivity contribution is 0.177. The van der Waals surface area contributed by atoms with Crippen LogP contribution in [-0.2, 0) is 30.9 Å². The zero-order valence-electron chi connectivity index (χ0n) is 17.0. The largest absolute Gasteiger partial charge is 0.377 e. The number of guanidine groups is 1. The Labute approximate surface area is 192 Å². The first-order valence-corrected chi connectivity index (χ1v) is 9.58. The molecule has 1 atom stereocenters. The molecule has 2 N–H and O–H groups in total. The van der Waals surface area contributed by atoms with Gasteiger partial charge in [-0.05, 0) is 24.1 Å². The Bertz CT molecular complexity index is 953. The van der Waals surface area contributed by atoms with Crippen molar-refractivity contribution in [3.63, 3.8) is 0 Å². The molecule has 0 aliphatic carbocycles. The standard InChI is InChI=1S/C19H25N9O.HI/c1-20-19(22-9-14-3-6-16(7-4-14)28-13-21-12-23-28)24-15-5-8-18-25-17(11-29-2)26-27(18)10-15;/h3-4,6-7,12-13,15H,5,8-11H2,1-2H3,(H2,20,22,24);1H. The van der Waals surface area contributed by atoms with E-state index in [1.54, 1.807) is 25.2 Å². The molecule has 10 nitrogen and oxygen atoms in total. The molecule has 0 saturated carbocycles. The van der Waals surface area contributed by atoms with Gasteiger partial charge in [-0.1, -0.05) is 12.1 Å². The Morgan fingerprint density at radius 3 is 2.83 bits per heavy atom. The van der Waals surface area contributed by atoms with Gasteiger partial charge in [0.05, 0.1) is 12.2 Å². The molecule has 4 rings (SSSR count). The Hall–Kier alpha value is -2.54. The summed E-state index contributed by atoms with van der Waals surface area (Å²) < 4.78 is 8.82. The van der Waals surface area contributed by atoms with Crippen molar-refractivity contribution in [1.82, 2.24) is 40.2 Å². The van der Waals surface area contributed by atoms with Crippen LogP contribution < -0.4 is 10.6 Å². The lowest BCUT2D eigenvalue weighted by Crippen LogP contribution is -2.46. The van der Waals surface area contributed by atoms with E-state index in [0.717, 1.165) is 48.2 Å². The smallest absolute Gasteiger partial charge is 0.191 e. The van der Waals surface area contributed by atoms with Crippen LogP contribution in [0.1, 0.15) is 23.6 Å². The van der Waals surface area contributed by atoms with Gasteiger partial charge in [0.25, 0.3) is 0 Å². The van der Waals surface area contributed by atoms with Gasteiger partial charge in [-0.2, -0.15) is 10.2 Å². The number of rotatable bonds is 6. The molecule has 0 saturated heterocycles. The average molecular weight is 523 g/mol. The van der Waals surface area contributed by atoms with E-state index in [4.69, 9.17) is 4.74 Å². The van der Waals surface area contributed by atoms with Crippen LogP contribution in [0.25, 0.3) is 5.69 Å². The predicted octanol–water partition coefficient (Wildman–Crippen LogP) is 1.30. The molecule has 0 bridgehead atoms. The van der Waals surface area contributed by atoms with E-state index in [1.807, 2.05) is 16.8 Å². The fraction of sp³-hybridized carbons (Fsp3) is 0.421. The van der Waals surface area contributed by atoms with Crippen molar-refractivity contribution >= 4 is 29.9 Å². The number of halogens is 1. The second-order valence-electron chi connectivity index (χ2n) is 6.87. The topological polar surface area (TPSA) is 107 Å². The summed E-state index contributed by atoms with van der Waals surface area (Å²) in [6.45, 7) is 1.88. The van der Waals surface area contributed by atoms with E-state index < -0.39 is 0 Å². The van der Waals surface area contributed by atoms with Gasteiger partial charge in [0.1, 0.15) is 25.1 Å². The number of aliphatic imine (C=N–C) groups is 1. The highest BCUT2D eigenvalue weighted by molar-refractivity contribution is 14.0. The molecular weight excluding hydrogens is 497 g/mol. The third-order valence-electron chi connectivity index (χ3n) is 4.82. The van der Waals surface area contributed by atoms with Crippen LogP contribution in [0.5, 0.6) is 0 Å². The minimum absolute atomic E-state index is 0. The van der Waals surface area contributed by atoms with Gasteiger partial charge in [-0.15, -0.1) is 24.0 Å².